The Morgan fingerprint density at radius 1 is 1.00 bits per heavy atom. The molecule has 1 aromatic heterocycles. The molecule has 0 unspecified atom stereocenters. The number of ether oxygens (including phenoxy) is 2. The molecule has 2 heterocycles. The number of morpholine rings is 1. The van der Waals surface area contributed by atoms with Crippen molar-refractivity contribution in [1.82, 2.24) is 4.98 Å². The molecule has 4 rings (SSSR count). The summed E-state index contributed by atoms with van der Waals surface area (Å²) in [4.78, 5) is 16.1. The maximum Gasteiger partial charge on any atom is 0.164 e. The molecule has 0 amide bonds. The predicted octanol–water partition coefficient (Wildman–Crippen LogP) is 8.40. The number of nitrogens with zero attached hydrogens (tertiary/aromatic N) is 2. The Bertz CT molecular complexity index is 1170. The van der Waals surface area contributed by atoms with Gasteiger partial charge in [-0.2, -0.15) is 0 Å². The van der Waals surface area contributed by atoms with Crippen LogP contribution >= 0.6 is 12.3 Å². The Morgan fingerprint density at radius 2 is 1.57 bits per heavy atom. The summed E-state index contributed by atoms with van der Waals surface area (Å²) in [6, 6.07) is 2.77. The number of hydrogen-bond acceptors (Lipinski definition) is 9. The van der Waals surface area contributed by atoms with Gasteiger partial charge in [0.05, 0.1) is 24.4 Å². The Labute approximate surface area is 260 Å². The molecule has 0 bridgehead atoms. The van der Waals surface area contributed by atoms with Crippen molar-refractivity contribution in [2.75, 3.05) is 48.5 Å². The number of pyridine rings is 1. The third kappa shape index (κ3) is 11.4. The Hall–Kier alpha value is -2.68. The van der Waals surface area contributed by atoms with E-state index in [0.29, 0.717) is 38.3 Å². The molecule has 2 fully saturated rings. The van der Waals surface area contributed by atoms with Gasteiger partial charge < -0.3 is 19.2 Å². The van der Waals surface area contributed by atoms with Gasteiger partial charge in [0.2, 0.25) is 0 Å². The van der Waals surface area contributed by atoms with Crippen molar-refractivity contribution in [1.29, 1.82) is 0 Å². The van der Waals surface area contributed by atoms with Gasteiger partial charge in [-0.05, 0) is 56.2 Å². The first kappa shape index (κ1) is 37.5. The SMILES string of the molecule is CC(C)(C=O)C1CCCCC1.COC(C)(C)C.FONc1cc(F)c(-c2c(F)cc(N3CCOCC3)cc2F)nc1NSF. The lowest BCUT2D eigenvalue weighted by Crippen LogP contribution is -2.36. The zero-order valence-corrected chi connectivity index (χ0v) is 26.9. The molecular formula is C30H43F5N4O4S. The van der Waals surface area contributed by atoms with E-state index < -0.39 is 52.5 Å². The average molecular weight is 651 g/mol. The van der Waals surface area contributed by atoms with Gasteiger partial charge in [-0.3, -0.25) is 4.72 Å². The van der Waals surface area contributed by atoms with Crippen LogP contribution in [0, 0.1) is 28.8 Å². The van der Waals surface area contributed by atoms with Crippen molar-refractivity contribution in [2.24, 2.45) is 11.3 Å². The van der Waals surface area contributed by atoms with E-state index in [1.54, 1.807) is 17.5 Å². The van der Waals surface area contributed by atoms with Crippen molar-refractivity contribution in [3.63, 3.8) is 0 Å². The molecule has 2 N–H and O–H groups in total. The first-order valence-electron chi connectivity index (χ1n) is 14.4. The number of aromatic nitrogens is 1. The number of halogens is 5. The van der Waals surface area contributed by atoms with Crippen LogP contribution in [0.4, 0.5) is 38.8 Å². The van der Waals surface area contributed by atoms with Gasteiger partial charge >= 0.3 is 0 Å². The minimum Gasteiger partial charge on any atom is -0.379 e. The van der Waals surface area contributed by atoms with E-state index in [-0.39, 0.29) is 16.7 Å². The second-order valence-corrected chi connectivity index (χ2v) is 12.4. The smallest absolute Gasteiger partial charge is 0.164 e. The topological polar surface area (TPSA) is 85.0 Å². The molecule has 1 aliphatic heterocycles. The normalized spacial score (nSPS) is 15.8. The second kappa shape index (κ2) is 17.7. The quantitative estimate of drug-likeness (QED) is 0.127. The first-order chi connectivity index (χ1) is 20.8. The summed E-state index contributed by atoms with van der Waals surface area (Å²) in [5, 5.41) is 3.15. The Balaban J connectivity index is 0.000000326. The third-order valence-electron chi connectivity index (χ3n) is 7.47. The van der Waals surface area contributed by atoms with Crippen LogP contribution in [-0.4, -0.2) is 50.3 Å². The fourth-order valence-electron chi connectivity index (χ4n) is 4.63. The number of aldehydes is 1. The molecule has 44 heavy (non-hydrogen) atoms. The molecule has 1 saturated heterocycles. The fraction of sp³-hybridized carbons (Fsp3) is 0.600. The van der Waals surface area contributed by atoms with Gasteiger partial charge in [-0.1, -0.05) is 38.2 Å². The predicted molar refractivity (Wildman–Crippen MR) is 164 cm³/mol. The fourth-order valence-corrected chi connectivity index (χ4v) is 4.86. The average Bonchev–Trinajstić information content (AvgIpc) is 3.00. The van der Waals surface area contributed by atoms with Gasteiger partial charge in [0.15, 0.2) is 24.0 Å². The number of carbonyl (C=O) groups is 1. The number of methoxy groups -OCH3 is 1. The number of nitrogens with one attached hydrogen (secondary N) is 2. The molecule has 14 heteroatoms. The highest BCUT2D eigenvalue weighted by atomic mass is 32.2. The number of carbonyl (C=O) groups excluding carboxylic acids is 1. The zero-order valence-electron chi connectivity index (χ0n) is 26.1. The lowest BCUT2D eigenvalue weighted by Gasteiger charge is -2.32. The van der Waals surface area contributed by atoms with E-state index in [4.69, 9.17) is 9.47 Å². The second-order valence-electron chi connectivity index (χ2n) is 12.0. The van der Waals surface area contributed by atoms with E-state index in [0.717, 1.165) is 18.4 Å². The summed E-state index contributed by atoms with van der Waals surface area (Å²) in [6.45, 7) is 11.9. The highest BCUT2D eigenvalue weighted by Crippen LogP contribution is 2.37. The van der Waals surface area contributed by atoms with Crippen molar-refractivity contribution >= 4 is 35.8 Å². The van der Waals surface area contributed by atoms with Crippen LogP contribution in [0.3, 0.4) is 0 Å². The van der Waals surface area contributed by atoms with E-state index in [1.165, 1.54) is 32.1 Å². The zero-order chi connectivity index (χ0) is 32.9. The van der Waals surface area contributed by atoms with Gasteiger partial charge in [0, 0.05) is 37.4 Å². The van der Waals surface area contributed by atoms with Gasteiger partial charge in [0.25, 0.3) is 0 Å². The van der Waals surface area contributed by atoms with Crippen molar-refractivity contribution in [3.8, 4) is 11.3 Å². The molecule has 0 radical (unpaired) electrons. The molecule has 8 nitrogen and oxygen atoms in total. The van der Waals surface area contributed by atoms with Crippen LogP contribution in [0.2, 0.25) is 0 Å². The molecular weight excluding hydrogens is 607 g/mol. The first-order valence-corrected chi connectivity index (χ1v) is 15.1. The number of benzene rings is 1. The highest BCUT2D eigenvalue weighted by Gasteiger charge is 2.29. The van der Waals surface area contributed by atoms with E-state index in [2.05, 4.69) is 23.9 Å². The van der Waals surface area contributed by atoms with Crippen LogP contribution < -0.4 is 15.1 Å². The molecule has 0 atom stereocenters. The molecule has 2 aromatic rings. The molecule has 1 saturated carbocycles. The molecule has 1 aliphatic carbocycles. The van der Waals surface area contributed by atoms with Crippen LogP contribution in [0.25, 0.3) is 11.3 Å². The van der Waals surface area contributed by atoms with Crippen molar-refractivity contribution in [2.45, 2.75) is 72.3 Å². The van der Waals surface area contributed by atoms with Crippen LogP contribution in [-0.2, 0) is 19.3 Å². The molecule has 1 aromatic carbocycles. The van der Waals surface area contributed by atoms with Crippen LogP contribution in [0.5, 0.6) is 0 Å². The van der Waals surface area contributed by atoms with Gasteiger partial charge in [-0.15, -0.1) is 3.89 Å². The van der Waals surface area contributed by atoms with E-state index in [1.807, 2.05) is 25.5 Å². The number of rotatable bonds is 8. The van der Waals surface area contributed by atoms with Gasteiger partial charge in [-0.25, -0.2) is 23.6 Å². The van der Waals surface area contributed by atoms with Crippen molar-refractivity contribution < 1.29 is 40.9 Å². The molecule has 248 valence electrons. The lowest BCUT2D eigenvalue weighted by molar-refractivity contribution is -0.117. The summed E-state index contributed by atoms with van der Waals surface area (Å²) >= 11 is -0.425. The summed E-state index contributed by atoms with van der Waals surface area (Å²) in [5.41, 5.74) is 0.0450. The molecule has 2 aliphatic rings. The number of anilines is 3. The summed E-state index contributed by atoms with van der Waals surface area (Å²) in [5.74, 6) is -3.05. The highest BCUT2D eigenvalue weighted by molar-refractivity contribution is 7.95. The van der Waals surface area contributed by atoms with Crippen LogP contribution in [0.1, 0.15) is 66.7 Å². The number of hydrogen-bond donors (Lipinski definition) is 2. The molecule has 0 spiro atoms. The van der Waals surface area contributed by atoms with Crippen LogP contribution in [0.15, 0.2) is 18.2 Å². The van der Waals surface area contributed by atoms with Gasteiger partial charge in [0.1, 0.15) is 29.3 Å². The standard InChI is InChI=1S/C15H13F5N4O2S.C10H18O.C5H12O/c16-9-5-8(24-1-3-25-4-2-24)6-10(17)13(9)14-11(18)7-12(22-26-19)15(21-14)23-27-20;1-10(2,8-11)9-6-4-3-5-7-9;1-5(2,3)6-4/h5-7,22H,1-4H2,(H,21,23);8-9H,3-7H2,1-2H3;1-4H3. The minimum absolute atomic E-state index is 0.0417. The minimum atomic E-state index is -1.17. The van der Waals surface area contributed by atoms with E-state index >= 15 is 0 Å². The maximum atomic E-state index is 14.6. The Kier molecular flexibility index (Phi) is 15.1. The monoisotopic (exact) mass is 650 g/mol. The summed E-state index contributed by atoms with van der Waals surface area (Å²) in [7, 11) is 1.71. The largest absolute Gasteiger partial charge is 0.379 e. The maximum absolute atomic E-state index is 14.6. The van der Waals surface area contributed by atoms with E-state index in [9.17, 15) is 26.4 Å². The lowest BCUT2D eigenvalue weighted by atomic mass is 9.72. The third-order valence-corrected chi connectivity index (χ3v) is 7.74. The summed E-state index contributed by atoms with van der Waals surface area (Å²) < 4.78 is 80.1. The van der Waals surface area contributed by atoms with Crippen molar-refractivity contribution in [3.05, 3.63) is 35.7 Å². The Morgan fingerprint density at radius 3 is 2.05 bits per heavy atom. The summed E-state index contributed by atoms with van der Waals surface area (Å²) in [6.07, 6.45) is 7.65.